The van der Waals surface area contributed by atoms with E-state index in [2.05, 4.69) is 10.3 Å². The third-order valence-corrected chi connectivity index (χ3v) is 4.39. The van der Waals surface area contributed by atoms with Crippen LogP contribution < -0.4 is 4.74 Å². The second-order valence-corrected chi connectivity index (χ2v) is 6.21. The van der Waals surface area contributed by atoms with E-state index in [0.29, 0.717) is 22.7 Å². The van der Waals surface area contributed by atoms with Crippen LogP contribution in [0.2, 0.25) is 5.02 Å². The van der Waals surface area contributed by atoms with Gasteiger partial charge < -0.3 is 4.74 Å². The number of hydrogen-bond acceptors (Lipinski definition) is 5. The van der Waals surface area contributed by atoms with Gasteiger partial charge in [0.25, 0.3) is 5.91 Å². The SMILES string of the molecule is CCOc1ccc2c(c1)nnn2C(=O)CSc1ccc(Cl)cc1. The zero-order valence-corrected chi connectivity index (χ0v) is 14.0. The van der Waals surface area contributed by atoms with Crippen molar-refractivity contribution in [2.75, 3.05) is 12.4 Å². The molecule has 0 unspecified atom stereocenters. The highest BCUT2D eigenvalue weighted by atomic mass is 35.5. The molecule has 3 aromatic rings. The number of hydrogen-bond donors (Lipinski definition) is 0. The standard InChI is InChI=1S/C16H14ClN3O2S/c1-2-22-12-5-8-15-14(9-12)18-19-20(15)16(21)10-23-13-6-3-11(17)4-7-13/h3-9H,2,10H2,1H3. The van der Waals surface area contributed by atoms with Crippen molar-refractivity contribution < 1.29 is 9.53 Å². The summed E-state index contributed by atoms with van der Waals surface area (Å²) in [5.41, 5.74) is 1.32. The molecule has 0 N–H and O–H groups in total. The summed E-state index contributed by atoms with van der Waals surface area (Å²) in [6.45, 7) is 2.49. The number of thioether (sulfide) groups is 1. The number of fused-ring (bicyclic) bond motifs is 1. The molecule has 0 aliphatic carbocycles. The van der Waals surface area contributed by atoms with E-state index in [0.717, 1.165) is 10.6 Å². The van der Waals surface area contributed by atoms with E-state index in [1.807, 2.05) is 25.1 Å². The number of benzene rings is 2. The fourth-order valence-corrected chi connectivity index (χ4v) is 2.95. The second kappa shape index (κ2) is 7.02. The Morgan fingerprint density at radius 3 is 2.78 bits per heavy atom. The molecule has 0 fully saturated rings. The molecule has 3 rings (SSSR count). The van der Waals surface area contributed by atoms with Gasteiger partial charge in [0.1, 0.15) is 11.3 Å². The quantitative estimate of drug-likeness (QED) is 0.655. The number of carbonyl (C=O) groups is 1. The van der Waals surface area contributed by atoms with E-state index in [4.69, 9.17) is 16.3 Å². The fraction of sp³-hybridized carbons (Fsp3) is 0.188. The van der Waals surface area contributed by atoms with Crippen molar-refractivity contribution in [2.45, 2.75) is 11.8 Å². The molecule has 7 heteroatoms. The number of aromatic nitrogens is 3. The predicted octanol–water partition coefficient (Wildman–Crippen LogP) is 3.92. The van der Waals surface area contributed by atoms with Gasteiger partial charge in [-0.2, -0.15) is 4.68 Å². The highest BCUT2D eigenvalue weighted by Crippen LogP contribution is 2.22. The predicted molar refractivity (Wildman–Crippen MR) is 91.5 cm³/mol. The van der Waals surface area contributed by atoms with Crippen LogP contribution in [0.25, 0.3) is 11.0 Å². The van der Waals surface area contributed by atoms with Gasteiger partial charge in [-0.1, -0.05) is 16.8 Å². The molecule has 0 aliphatic rings. The first-order valence-corrected chi connectivity index (χ1v) is 8.43. The molecule has 0 radical (unpaired) electrons. The van der Waals surface area contributed by atoms with E-state index < -0.39 is 0 Å². The molecule has 0 bridgehead atoms. The molecule has 1 aromatic heterocycles. The molecule has 5 nitrogen and oxygen atoms in total. The van der Waals surface area contributed by atoms with Gasteiger partial charge in [-0.25, -0.2) is 0 Å². The third-order valence-electron chi connectivity index (χ3n) is 3.14. The van der Waals surface area contributed by atoms with E-state index in [9.17, 15) is 4.79 Å². The van der Waals surface area contributed by atoms with Crippen LogP contribution in [0.5, 0.6) is 5.75 Å². The molecule has 118 valence electrons. The number of nitrogens with zero attached hydrogens (tertiary/aromatic N) is 3. The summed E-state index contributed by atoms with van der Waals surface area (Å²) >= 11 is 7.28. The molecule has 2 aromatic carbocycles. The van der Waals surface area contributed by atoms with Gasteiger partial charge in [0.15, 0.2) is 0 Å². The van der Waals surface area contributed by atoms with E-state index >= 15 is 0 Å². The van der Waals surface area contributed by atoms with Crippen LogP contribution in [0.4, 0.5) is 0 Å². The van der Waals surface area contributed by atoms with Gasteiger partial charge in [0.05, 0.1) is 17.9 Å². The van der Waals surface area contributed by atoms with Crippen LogP contribution >= 0.6 is 23.4 Å². The first-order chi connectivity index (χ1) is 11.2. The summed E-state index contributed by atoms with van der Waals surface area (Å²) in [7, 11) is 0. The van der Waals surface area contributed by atoms with Crippen molar-refractivity contribution in [3.63, 3.8) is 0 Å². The van der Waals surface area contributed by atoms with Crippen molar-refractivity contribution >= 4 is 40.3 Å². The summed E-state index contributed by atoms with van der Waals surface area (Å²) in [6, 6.07) is 12.8. The highest BCUT2D eigenvalue weighted by Gasteiger charge is 2.13. The molecular formula is C16H14ClN3O2S. The van der Waals surface area contributed by atoms with E-state index in [1.165, 1.54) is 16.4 Å². The van der Waals surface area contributed by atoms with Crippen molar-refractivity contribution in [3.8, 4) is 5.75 Å². The first kappa shape index (κ1) is 15.8. The Kier molecular flexibility index (Phi) is 4.83. The maximum absolute atomic E-state index is 12.4. The van der Waals surface area contributed by atoms with Gasteiger partial charge in [-0.3, -0.25) is 4.79 Å². The zero-order chi connectivity index (χ0) is 16.2. The van der Waals surface area contributed by atoms with Crippen molar-refractivity contribution in [1.29, 1.82) is 0 Å². The first-order valence-electron chi connectivity index (χ1n) is 7.07. The molecular weight excluding hydrogens is 334 g/mol. The second-order valence-electron chi connectivity index (χ2n) is 4.72. The topological polar surface area (TPSA) is 57.0 Å². The number of rotatable bonds is 5. The molecule has 0 amide bonds. The Labute approximate surface area is 142 Å². The van der Waals surface area contributed by atoms with E-state index in [-0.39, 0.29) is 11.7 Å². The molecule has 0 saturated carbocycles. The van der Waals surface area contributed by atoms with Crippen LogP contribution in [-0.4, -0.2) is 33.3 Å². The lowest BCUT2D eigenvalue weighted by Gasteiger charge is -2.04. The van der Waals surface area contributed by atoms with Gasteiger partial charge in [-0.05, 0) is 43.3 Å². The summed E-state index contributed by atoms with van der Waals surface area (Å²) in [5.74, 6) is 0.861. The molecule has 0 spiro atoms. The van der Waals surface area contributed by atoms with Crippen molar-refractivity contribution in [2.24, 2.45) is 0 Å². The Balaban J connectivity index is 1.74. The summed E-state index contributed by atoms with van der Waals surface area (Å²) in [5, 5.41) is 8.66. The third kappa shape index (κ3) is 3.65. The van der Waals surface area contributed by atoms with Gasteiger partial charge in [0.2, 0.25) is 0 Å². The zero-order valence-electron chi connectivity index (χ0n) is 12.4. The Morgan fingerprint density at radius 1 is 1.26 bits per heavy atom. The molecule has 0 aliphatic heterocycles. The molecule has 0 saturated heterocycles. The number of carbonyl (C=O) groups excluding carboxylic acids is 1. The van der Waals surface area contributed by atoms with Crippen molar-refractivity contribution in [1.82, 2.24) is 15.0 Å². The smallest absolute Gasteiger partial charge is 0.259 e. The Bertz CT molecular complexity index is 833. The lowest BCUT2D eigenvalue weighted by atomic mass is 10.3. The lowest BCUT2D eigenvalue weighted by Crippen LogP contribution is -2.14. The summed E-state index contributed by atoms with van der Waals surface area (Å²) in [4.78, 5) is 13.3. The largest absolute Gasteiger partial charge is 0.494 e. The van der Waals surface area contributed by atoms with Gasteiger partial charge >= 0.3 is 0 Å². The maximum atomic E-state index is 12.4. The average molecular weight is 348 g/mol. The molecule has 1 heterocycles. The average Bonchev–Trinajstić information content (AvgIpc) is 2.97. The number of ether oxygens (including phenoxy) is 1. The van der Waals surface area contributed by atoms with Crippen LogP contribution in [-0.2, 0) is 0 Å². The van der Waals surface area contributed by atoms with E-state index in [1.54, 1.807) is 24.3 Å². The minimum Gasteiger partial charge on any atom is -0.494 e. The van der Waals surface area contributed by atoms with Crippen LogP contribution in [0.1, 0.15) is 11.7 Å². The van der Waals surface area contributed by atoms with Crippen LogP contribution in [0.3, 0.4) is 0 Å². The Hall–Kier alpha value is -2.05. The van der Waals surface area contributed by atoms with Crippen LogP contribution in [0.15, 0.2) is 47.4 Å². The Morgan fingerprint density at radius 2 is 2.04 bits per heavy atom. The number of halogens is 1. The molecule has 0 atom stereocenters. The maximum Gasteiger partial charge on any atom is 0.259 e. The normalized spacial score (nSPS) is 10.9. The highest BCUT2D eigenvalue weighted by molar-refractivity contribution is 8.00. The summed E-state index contributed by atoms with van der Waals surface area (Å²) < 4.78 is 6.75. The fourth-order valence-electron chi connectivity index (χ4n) is 2.08. The van der Waals surface area contributed by atoms with Gasteiger partial charge in [0, 0.05) is 16.0 Å². The summed E-state index contributed by atoms with van der Waals surface area (Å²) in [6.07, 6.45) is 0. The van der Waals surface area contributed by atoms with Crippen molar-refractivity contribution in [3.05, 3.63) is 47.5 Å². The lowest BCUT2D eigenvalue weighted by molar-refractivity contribution is 0.0929. The minimum absolute atomic E-state index is 0.128. The monoisotopic (exact) mass is 347 g/mol. The van der Waals surface area contributed by atoms with Gasteiger partial charge in [-0.15, -0.1) is 16.9 Å². The van der Waals surface area contributed by atoms with Crippen LogP contribution in [0, 0.1) is 0 Å². The minimum atomic E-state index is -0.128. The molecule has 23 heavy (non-hydrogen) atoms.